The summed E-state index contributed by atoms with van der Waals surface area (Å²) >= 11 is 0. The zero-order valence-electron chi connectivity index (χ0n) is 9.65. The molecule has 1 saturated carbocycles. The second kappa shape index (κ2) is 4.64. The van der Waals surface area contributed by atoms with Crippen LogP contribution in [-0.2, 0) is 0 Å². The number of nitrogens with zero attached hydrogens (tertiary/aromatic N) is 1. The highest BCUT2D eigenvalue weighted by Gasteiger charge is 2.25. The Bertz CT molecular complexity index is 364. The molecular formula is C13H18N2O. The zero-order valence-corrected chi connectivity index (χ0v) is 9.65. The van der Waals surface area contributed by atoms with Crippen molar-refractivity contribution in [2.75, 3.05) is 5.73 Å². The molecule has 1 aromatic heterocycles. The number of Topliss-reactive ketones (excluding diaryl/α,β-unsaturated/α-hetero) is 1. The van der Waals surface area contributed by atoms with E-state index in [9.17, 15) is 4.79 Å². The highest BCUT2D eigenvalue weighted by atomic mass is 16.1. The third-order valence-corrected chi connectivity index (χ3v) is 3.43. The summed E-state index contributed by atoms with van der Waals surface area (Å²) < 4.78 is 0. The number of hydrogen-bond acceptors (Lipinski definition) is 3. The van der Waals surface area contributed by atoms with E-state index >= 15 is 0 Å². The number of rotatable bonds is 2. The van der Waals surface area contributed by atoms with Gasteiger partial charge in [0.1, 0.15) is 5.69 Å². The molecule has 16 heavy (non-hydrogen) atoms. The molecule has 0 bridgehead atoms. The van der Waals surface area contributed by atoms with Crippen molar-refractivity contribution in [1.29, 1.82) is 0 Å². The lowest BCUT2D eigenvalue weighted by Crippen LogP contribution is -2.21. The van der Waals surface area contributed by atoms with E-state index in [0.29, 0.717) is 11.4 Å². The Balaban J connectivity index is 2.05. The summed E-state index contributed by atoms with van der Waals surface area (Å²) in [7, 11) is 0. The molecule has 0 aliphatic heterocycles. The van der Waals surface area contributed by atoms with Crippen molar-refractivity contribution in [3.8, 4) is 0 Å². The van der Waals surface area contributed by atoms with Gasteiger partial charge in [0.25, 0.3) is 0 Å². The van der Waals surface area contributed by atoms with E-state index in [0.717, 1.165) is 31.6 Å². The Kier molecular flexibility index (Phi) is 3.22. The monoisotopic (exact) mass is 218 g/mol. The first-order valence-electron chi connectivity index (χ1n) is 5.92. The molecule has 2 rings (SSSR count). The van der Waals surface area contributed by atoms with Crippen LogP contribution in [0.2, 0.25) is 0 Å². The Morgan fingerprint density at radius 1 is 1.31 bits per heavy atom. The van der Waals surface area contributed by atoms with Crippen molar-refractivity contribution in [1.82, 2.24) is 4.98 Å². The van der Waals surface area contributed by atoms with E-state index in [4.69, 9.17) is 5.73 Å². The first kappa shape index (κ1) is 11.1. The molecule has 0 atom stereocenters. The van der Waals surface area contributed by atoms with Crippen LogP contribution in [0.5, 0.6) is 0 Å². The maximum Gasteiger partial charge on any atom is 0.184 e. The average Bonchev–Trinajstić information content (AvgIpc) is 2.30. The lowest BCUT2D eigenvalue weighted by molar-refractivity contribution is 0.0870. The quantitative estimate of drug-likeness (QED) is 0.776. The van der Waals surface area contributed by atoms with E-state index < -0.39 is 0 Å². The lowest BCUT2D eigenvalue weighted by Gasteiger charge is -2.24. The van der Waals surface area contributed by atoms with Gasteiger partial charge in [0.15, 0.2) is 5.78 Å². The predicted molar refractivity (Wildman–Crippen MR) is 64.1 cm³/mol. The van der Waals surface area contributed by atoms with E-state index in [1.807, 2.05) is 0 Å². The minimum Gasteiger partial charge on any atom is -0.397 e. The van der Waals surface area contributed by atoms with Gasteiger partial charge in [-0.15, -0.1) is 0 Å². The molecule has 2 N–H and O–H groups in total. The number of nitrogen functional groups attached to an aromatic ring is 1. The van der Waals surface area contributed by atoms with Gasteiger partial charge in [0, 0.05) is 5.92 Å². The van der Waals surface area contributed by atoms with Crippen LogP contribution >= 0.6 is 0 Å². The summed E-state index contributed by atoms with van der Waals surface area (Å²) in [6.45, 7) is 2.25. The van der Waals surface area contributed by atoms with Gasteiger partial charge in [0.2, 0.25) is 0 Å². The first-order chi connectivity index (χ1) is 7.66. The maximum absolute atomic E-state index is 12.1. The van der Waals surface area contributed by atoms with Crippen LogP contribution in [-0.4, -0.2) is 10.8 Å². The van der Waals surface area contributed by atoms with Crippen LogP contribution in [0, 0.1) is 11.8 Å². The Labute approximate surface area is 96.1 Å². The van der Waals surface area contributed by atoms with Crippen molar-refractivity contribution in [3.05, 3.63) is 24.0 Å². The fourth-order valence-corrected chi connectivity index (χ4v) is 2.28. The van der Waals surface area contributed by atoms with Gasteiger partial charge in [-0.2, -0.15) is 0 Å². The highest BCUT2D eigenvalue weighted by Crippen LogP contribution is 2.30. The number of ketones is 1. The number of nitrogens with two attached hydrogens (primary N) is 1. The van der Waals surface area contributed by atoms with Crippen molar-refractivity contribution < 1.29 is 4.79 Å². The molecule has 0 radical (unpaired) electrons. The van der Waals surface area contributed by atoms with E-state index in [1.165, 1.54) is 0 Å². The molecule has 3 nitrogen and oxygen atoms in total. The molecule has 0 amide bonds. The zero-order chi connectivity index (χ0) is 11.5. The van der Waals surface area contributed by atoms with Gasteiger partial charge in [-0.3, -0.25) is 9.78 Å². The smallest absolute Gasteiger partial charge is 0.184 e. The molecule has 3 heteroatoms. The number of pyridine rings is 1. The molecule has 86 valence electrons. The molecule has 0 saturated heterocycles. The third kappa shape index (κ3) is 2.40. The van der Waals surface area contributed by atoms with Crippen molar-refractivity contribution in [2.45, 2.75) is 32.6 Å². The molecule has 1 aliphatic rings. The number of carbonyl (C=O) groups is 1. The van der Waals surface area contributed by atoms with Gasteiger partial charge in [-0.25, -0.2) is 0 Å². The standard InChI is InChI=1S/C13H18N2O/c1-9-2-4-10(5-3-9)13(16)12-7-6-11(14)8-15-12/h6-10H,2-5,14H2,1H3. The molecule has 1 aliphatic carbocycles. The van der Waals surface area contributed by atoms with E-state index in [1.54, 1.807) is 18.3 Å². The largest absolute Gasteiger partial charge is 0.397 e. The molecule has 0 spiro atoms. The minimum absolute atomic E-state index is 0.173. The average molecular weight is 218 g/mol. The number of aromatic nitrogens is 1. The van der Waals surface area contributed by atoms with Gasteiger partial charge in [0.05, 0.1) is 11.9 Å². The van der Waals surface area contributed by atoms with Gasteiger partial charge >= 0.3 is 0 Å². The van der Waals surface area contributed by atoms with Gasteiger partial charge < -0.3 is 5.73 Å². The van der Waals surface area contributed by atoms with Crippen LogP contribution in [0.4, 0.5) is 5.69 Å². The van der Waals surface area contributed by atoms with E-state index in [-0.39, 0.29) is 11.7 Å². The summed E-state index contributed by atoms with van der Waals surface area (Å²) in [5, 5.41) is 0. The molecule has 1 fully saturated rings. The number of hydrogen-bond donors (Lipinski definition) is 1. The fraction of sp³-hybridized carbons (Fsp3) is 0.538. The number of carbonyl (C=O) groups excluding carboxylic acids is 1. The summed E-state index contributed by atoms with van der Waals surface area (Å²) in [5.74, 6) is 1.13. The lowest BCUT2D eigenvalue weighted by atomic mass is 9.80. The SMILES string of the molecule is CC1CCC(C(=O)c2ccc(N)cn2)CC1. The Morgan fingerprint density at radius 2 is 2.00 bits per heavy atom. The van der Waals surface area contributed by atoms with Crippen LogP contribution < -0.4 is 5.73 Å². The molecular weight excluding hydrogens is 200 g/mol. The maximum atomic E-state index is 12.1. The molecule has 0 unspecified atom stereocenters. The predicted octanol–water partition coefficient (Wildman–Crippen LogP) is 2.67. The number of anilines is 1. The summed E-state index contributed by atoms with van der Waals surface area (Å²) in [5.41, 5.74) is 6.72. The normalized spacial score (nSPS) is 25.3. The second-order valence-corrected chi connectivity index (χ2v) is 4.80. The first-order valence-corrected chi connectivity index (χ1v) is 5.92. The highest BCUT2D eigenvalue weighted by molar-refractivity contribution is 5.96. The van der Waals surface area contributed by atoms with Gasteiger partial charge in [-0.1, -0.05) is 19.8 Å². The van der Waals surface area contributed by atoms with Crippen molar-refractivity contribution in [2.24, 2.45) is 11.8 Å². The minimum atomic E-state index is 0.173. The fourth-order valence-electron chi connectivity index (χ4n) is 2.28. The summed E-state index contributed by atoms with van der Waals surface area (Å²) in [6.07, 6.45) is 5.88. The molecule has 1 heterocycles. The topological polar surface area (TPSA) is 56.0 Å². The Morgan fingerprint density at radius 3 is 2.56 bits per heavy atom. The molecule has 1 aromatic rings. The van der Waals surface area contributed by atoms with Crippen LogP contribution in [0.1, 0.15) is 43.1 Å². The van der Waals surface area contributed by atoms with E-state index in [2.05, 4.69) is 11.9 Å². The van der Waals surface area contributed by atoms with Crippen LogP contribution in [0.15, 0.2) is 18.3 Å². The summed E-state index contributed by atoms with van der Waals surface area (Å²) in [6, 6.07) is 3.47. The Hall–Kier alpha value is -1.38. The van der Waals surface area contributed by atoms with Crippen LogP contribution in [0.3, 0.4) is 0 Å². The third-order valence-electron chi connectivity index (χ3n) is 3.43. The second-order valence-electron chi connectivity index (χ2n) is 4.80. The summed E-state index contributed by atoms with van der Waals surface area (Å²) in [4.78, 5) is 16.2. The van der Waals surface area contributed by atoms with Crippen LogP contribution in [0.25, 0.3) is 0 Å². The van der Waals surface area contributed by atoms with Crippen molar-refractivity contribution >= 4 is 11.5 Å². The van der Waals surface area contributed by atoms with Crippen molar-refractivity contribution in [3.63, 3.8) is 0 Å². The van der Waals surface area contributed by atoms with Gasteiger partial charge in [-0.05, 0) is 30.9 Å². The molecule has 0 aromatic carbocycles.